The average Bonchev–Trinajstić information content (AvgIpc) is 3.07. The van der Waals surface area contributed by atoms with E-state index in [1.54, 1.807) is 30.3 Å². The van der Waals surface area contributed by atoms with E-state index < -0.39 is 17.8 Å². The highest BCUT2D eigenvalue weighted by Crippen LogP contribution is 2.34. The van der Waals surface area contributed by atoms with Crippen LogP contribution < -0.4 is 5.32 Å². The third-order valence-corrected chi connectivity index (χ3v) is 4.43. The molecule has 0 radical (unpaired) electrons. The van der Waals surface area contributed by atoms with E-state index in [2.05, 4.69) is 5.32 Å². The molecule has 1 N–H and O–H groups in total. The van der Waals surface area contributed by atoms with Crippen LogP contribution in [0, 0.1) is 0 Å². The van der Waals surface area contributed by atoms with E-state index in [1.807, 2.05) is 36.4 Å². The first-order chi connectivity index (χ1) is 13.4. The Kier molecular flexibility index (Phi) is 4.39. The molecule has 1 aromatic heterocycles. The third kappa shape index (κ3) is 3.36. The predicted molar refractivity (Wildman–Crippen MR) is 103 cm³/mol. The molecule has 0 unspecified atom stereocenters. The maximum Gasteiger partial charge on any atom is 0.416 e. The Hall–Kier alpha value is -3.54. The number of benzene rings is 3. The lowest BCUT2D eigenvalue weighted by Gasteiger charge is -2.12. The van der Waals surface area contributed by atoms with Gasteiger partial charge in [0.2, 0.25) is 0 Å². The SMILES string of the molecule is O=C(Nc1ccccc1)n1c(-c2ccccc2)cc2cc(C(F)(F)F)ccc21. The second-order valence-electron chi connectivity index (χ2n) is 6.30. The van der Waals surface area contributed by atoms with Gasteiger partial charge in [-0.25, -0.2) is 4.79 Å². The summed E-state index contributed by atoms with van der Waals surface area (Å²) in [7, 11) is 0. The van der Waals surface area contributed by atoms with Crippen molar-refractivity contribution in [2.75, 3.05) is 5.32 Å². The van der Waals surface area contributed by atoms with Gasteiger partial charge in [-0.15, -0.1) is 0 Å². The van der Waals surface area contributed by atoms with Crippen LogP contribution in [0.3, 0.4) is 0 Å². The molecule has 0 saturated heterocycles. The van der Waals surface area contributed by atoms with E-state index in [1.165, 1.54) is 10.6 Å². The van der Waals surface area contributed by atoms with E-state index in [9.17, 15) is 18.0 Å². The molecule has 0 saturated carbocycles. The summed E-state index contributed by atoms with van der Waals surface area (Å²) in [4.78, 5) is 13.0. The van der Waals surface area contributed by atoms with Crippen LogP contribution in [-0.2, 0) is 6.18 Å². The molecular weight excluding hydrogens is 365 g/mol. The summed E-state index contributed by atoms with van der Waals surface area (Å²) in [6.45, 7) is 0. The summed E-state index contributed by atoms with van der Waals surface area (Å²) in [5.74, 6) is 0. The Labute approximate surface area is 159 Å². The van der Waals surface area contributed by atoms with Gasteiger partial charge < -0.3 is 5.32 Å². The molecule has 3 aromatic carbocycles. The first-order valence-electron chi connectivity index (χ1n) is 8.58. The minimum atomic E-state index is -4.45. The highest BCUT2D eigenvalue weighted by Gasteiger charge is 2.31. The number of nitrogens with one attached hydrogen (secondary N) is 1. The van der Waals surface area contributed by atoms with Crippen molar-refractivity contribution in [2.24, 2.45) is 0 Å². The van der Waals surface area contributed by atoms with E-state index in [-0.39, 0.29) is 0 Å². The molecule has 0 atom stereocenters. The van der Waals surface area contributed by atoms with E-state index in [0.717, 1.165) is 17.7 Å². The monoisotopic (exact) mass is 380 g/mol. The van der Waals surface area contributed by atoms with Crippen molar-refractivity contribution < 1.29 is 18.0 Å². The fraction of sp³-hybridized carbons (Fsp3) is 0.0455. The van der Waals surface area contributed by atoms with Gasteiger partial charge in [0.15, 0.2) is 0 Å². The molecule has 4 rings (SSSR count). The molecule has 0 aliphatic heterocycles. The van der Waals surface area contributed by atoms with Gasteiger partial charge >= 0.3 is 12.2 Å². The molecule has 140 valence electrons. The summed E-state index contributed by atoms with van der Waals surface area (Å²) in [5.41, 5.74) is 1.50. The van der Waals surface area contributed by atoms with Crippen molar-refractivity contribution in [1.82, 2.24) is 4.57 Å². The second kappa shape index (κ2) is 6.88. The van der Waals surface area contributed by atoms with E-state index >= 15 is 0 Å². The highest BCUT2D eigenvalue weighted by atomic mass is 19.4. The predicted octanol–water partition coefficient (Wildman–Crippen LogP) is 6.41. The number of hydrogen-bond acceptors (Lipinski definition) is 1. The normalized spacial score (nSPS) is 11.5. The molecule has 3 nitrogen and oxygen atoms in total. The zero-order valence-electron chi connectivity index (χ0n) is 14.6. The Morgan fingerprint density at radius 1 is 0.821 bits per heavy atom. The molecule has 0 aliphatic carbocycles. The number of fused-ring (bicyclic) bond motifs is 1. The van der Waals surface area contributed by atoms with Crippen LogP contribution in [-0.4, -0.2) is 10.6 Å². The zero-order valence-corrected chi connectivity index (χ0v) is 14.6. The Morgan fingerprint density at radius 3 is 2.11 bits per heavy atom. The van der Waals surface area contributed by atoms with Crippen molar-refractivity contribution >= 4 is 22.6 Å². The number of carbonyl (C=O) groups excluding carboxylic acids is 1. The number of hydrogen-bond donors (Lipinski definition) is 1. The van der Waals surface area contributed by atoms with Crippen LogP contribution in [0.4, 0.5) is 23.7 Å². The minimum absolute atomic E-state index is 0.344. The van der Waals surface area contributed by atoms with Crippen molar-refractivity contribution in [3.8, 4) is 11.3 Å². The van der Waals surface area contributed by atoms with Gasteiger partial charge in [-0.05, 0) is 42.0 Å². The lowest BCUT2D eigenvalue weighted by molar-refractivity contribution is -0.137. The van der Waals surface area contributed by atoms with E-state index in [4.69, 9.17) is 0 Å². The molecule has 1 heterocycles. The Bertz CT molecular complexity index is 1130. The van der Waals surface area contributed by atoms with Crippen LogP contribution in [0.1, 0.15) is 5.56 Å². The lowest BCUT2D eigenvalue weighted by Crippen LogP contribution is -2.20. The maximum atomic E-state index is 13.1. The number of nitrogens with zero attached hydrogens (tertiary/aromatic N) is 1. The standard InChI is InChI=1S/C22H15F3N2O/c23-22(24,25)17-11-12-19-16(13-17)14-20(15-7-3-1-4-8-15)27(19)21(28)26-18-9-5-2-6-10-18/h1-14H,(H,26,28). The van der Waals surface area contributed by atoms with Gasteiger partial charge in [0.1, 0.15) is 0 Å². The molecule has 28 heavy (non-hydrogen) atoms. The molecular formula is C22H15F3N2O. The average molecular weight is 380 g/mol. The molecule has 0 spiro atoms. The van der Waals surface area contributed by atoms with Crippen LogP contribution in [0.25, 0.3) is 22.2 Å². The molecule has 0 fully saturated rings. The fourth-order valence-corrected chi connectivity index (χ4v) is 3.13. The van der Waals surface area contributed by atoms with Crippen LogP contribution in [0.5, 0.6) is 0 Å². The number of alkyl halides is 3. The quantitative estimate of drug-likeness (QED) is 0.428. The van der Waals surface area contributed by atoms with Gasteiger partial charge in [0.25, 0.3) is 0 Å². The minimum Gasteiger partial charge on any atom is -0.307 e. The first-order valence-corrected chi connectivity index (χ1v) is 8.58. The number of rotatable bonds is 2. The first kappa shape index (κ1) is 17.9. The van der Waals surface area contributed by atoms with Crippen molar-refractivity contribution in [3.05, 3.63) is 90.5 Å². The number of amides is 1. The summed E-state index contributed by atoms with van der Waals surface area (Å²) in [6.07, 6.45) is -4.45. The summed E-state index contributed by atoms with van der Waals surface area (Å²) < 4.78 is 40.7. The summed E-state index contributed by atoms with van der Waals surface area (Å²) in [6, 6.07) is 22.5. The molecule has 0 bridgehead atoms. The molecule has 0 aliphatic rings. The largest absolute Gasteiger partial charge is 0.416 e. The molecule has 6 heteroatoms. The summed E-state index contributed by atoms with van der Waals surface area (Å²) in [5, 5.41) is 3.14. The number of anilines is 1. The van der Waals surface area contributed by atoms with Crippen molar-refractivity contribution in [3.63, 3.8) is 0 Å². The number of halogens is 3. The Morgan fingerprint density at radius 2 is 1.46 bits per heavy atom. The van der Waals surface area contributed by atoms with Gasteiger partial charge in [-0.3, -0.25) is 4.57 Å². The second-order valence-corrected chi connectivity index (χ2v) is 6.30. The molecule has 4 aromatic rings. The zero-order chi connectivity index (χ0) is 19.7. The van der Waals surface area contributed by atoms with Crippen LogP contribution in [0.2, 0.25) is 0 Å². The van der Waals surface area contributed by atoms with Gasteiger partial charge in [0, 0.05) is 11.1 Å². The van der Waals surface area contributed by atoms with Crippen molar-refractivity contribution in [2.45, 2.75) is 6.18 Å². The summed E-state index contributed by atoms with van der Waals surface area (Å²) >= 11 is 0. The number of para-hydroxylation sites is 1. The van der Waals surface area contributed by atoms with Crippen LogP contribution in [0.15, 0.2) is 84.9 Å². The third-order valence-electron chi connectivity index (χ3n) is 4.43. The molecule has 1 amide bonds. The lowest BCUT2D eigenvalue weighted by atomic mass is 10.1. The fourth-order valence-electron chi connectivity index (χ4n) is 3.13. The number of carbonyl (C=O) groups is 1. The van der Waals surface area contributed by atoms with Crippen molar-refractivity contribution in [1.29, 1.82) is 0 Å². The van der Waals surface area contributed by atoms with Gasteiger partial charge in [-0.2, -0.15) is 13.2 Å². The highest BCUT2D eigenvalue weighted by molar-refractivity contribution is 6.03. The maximum absolute atomic E-state index is 13.1. The smallest absolute Gasteiger partial charge is 0.307 e. The van der Waals surface area contributed by atoms with E-state index in [0.29, 0.717) is 22.3 Å². The van der Waals surface area contributed by atoms with Crippen LogP contribution >= 0.6 is 0 Å². The topological polar surface area (TPSA) is 34.0 Å². The Balaban J connectivity index is 1.88. The van der Waals surface area contributed by atoms with Gasteiger partial charge in [-0.1, -0.05) is 48.5 Å². The number of aromatic nitrogens is 1. The van der Waals surface area contributed by atoms with Gasteiger partial charge in [0.05, 0.1) is 16.8 Å².